The quantitative estimate of drug-likeness (QED) is 0.287. The number of nitrogens with zero attached hydrogens (tertiary/aromatic N) is 3. The summed E-state index contributed by atoms with van der Waals surface area (Å²) in [4.78, 5) is 9.14. The first-order chi connectivity index (χ1) is 16.9. The van der Waals surface area contributed by atoms with Crippen LogP contribution in [0, 0.1) is 12.8 Å². The van der Waals surface area contributed by atoms with Gasteiger partial charge in [-0.2, -0.15) is 0 Å². The van der Waals surface area contributed by atoms with Gasteiger partial charge in [0.2, 0.25) is 0 Å². The van der Waals surface area contributed by atoms with E-state index in [1.54, 1.807) is 29.0 Å². The lowest BCUT2D eigenvalue weighted by molar-refractivity contribution is -0.274. The number of benzene rings is 2. The van der Waals surface area contributed by atoms with Gasteiger partial charge in [-0.15, -0.1) is 13.2 Å². The third-order valence-corrected chi connectivity index (χ3v) is 6.11. The molecule has 0 bridgehead atoms. The van der Waals surface area contributed by atoms with E-state index < -0.39 is 6.36 Å². The molecule has 0 atom stereocenters. The van der Waals surface area contributed by atoms with Crippen molar-refractivity contribution in [3.05, 3.63) is 77.7 Å². The Kier molecular flexibility index (Phi) is 6.19. The number of fused-ring (bicyclic) bond motifs is 1. The van der Waals surface area contributed by atoms with Crippen molar-refractivity contribution in [1.29, 1.82) is 0 Å². The zero-order valence-electron chi connectivity index (χ0n) is 19.1. The maximum Gasteiger partial charge on any atom is 0.573 e. The lowest BCUT2D eigenvalue weighted by Gasteiger charge is -2.26. The lowest BCUT2D eigenvalue weighted by atomic mass is 9.86. The van der Waals surface area contributed by atoms with Gasteiger partial charge in [-0.05, 0) is 79.8 Å². The first-order valence-corrected chi connectivity index (χ1v) is 11.5. The van der Waals surface area contributed by atoms with Gasteiger partial charge in [0.1, 0.15) is 22.8 Å². The van der Waals surface area contributed by atoms with Crippen molar-refractivity contribution in [2.45, 2.75) is 32.5 Å². The van der Waals surface area contributed by atoms with Gasteiger partial charge < -0.3 is 9.47 Å². The number of alkyl halides is 3. The Balaban J connectivity index is 1.49. The molecule has 8 heteroatoms. The number of aryl methyl sites for hydroxylation is 1. The minimum Gasteiger partial charge on any atom is -0.492 e. The highest BCUT2D eigenvalue weighted by Crippen LogP contribution is 2.31. The van der Waals surface area contributed by atoms with E-state index in [1.807, 2.05) is 43.3 Å². The van der Waals surface area contributed by atoms with Gasteiger partial charge in [-0.1, -0.05) is 24.6 Å². The van der Waals surface area contributed by atoms with Crippen LogP contribution in [-0.2, 0) is 0 Å². The molecule has 2 aromatic heterocycles. The van der Waals surface area contributed by atoms with E-state index in [2.05, 4.69) is 9.72 Å². The Morgan fingerprint density at radius 2 is 1.83 bits per heavy atom. The van der Waals surface area contributed by atoms with Crippen LogP contribution < -0.4 is 9.47 Å². The molecular formula is C27H24F3N3O2. The zero-order chi connectivity index (χ0) is 24.4. The molecule has 0 radical (unpaired) electrons. The number of hydrogen-bond donors (Lipinski definition) is 0. The molecule has 5 nitrogen and oxygen atoms in total. The van der Waals surface area contributed by atoms with Crippen molar-refractivity contribution < 1.29 is 22.6 Å². The van der Waals surface area contributed by atoms with E-state index in [9.17, 15) is 13.2 Å². The van der Waals surface area contributed by atoms with Crippen molar-refractivity contribution in [1.82, 2.24) is 14.5 Å². The third kappa shape index (κ3) is 5.16. The molecule has 2 heterocycles. The predicted molar refractivity (Wildman–Crippen MR) is 128 cm³/mol. The maximum absolute atomic E-state index is 12.6. The van der Waals surface area contributed by atoms with Gasteiger partial charge in [-0.3, -0.25) is 4.57 Å². The number of aromatic nitrogens is 3. The van der Waals surface area contributed by atoms with Crippen LogP contribution in [0.2, 0.25) is 0 Å². The fourth-order valence-corrected chi connectivity index (χ4v) is 4.12. The molecule has 1 aliphatic carbocycles. The van der Waals surface area contributed by atoms with Gasteiger partial charge in [0, 0.05) is 17.4 Å². The van der Waals surface area contributed by atoms with E-state index in [1.165, 1.54) is 31.4 Å². The molecule has 1 aliphatic rings. The van der Waals surface area contributed by atoms with Crippen LogP contribution in [0.15, 0.2) is 60.8 Å². The third-order valence-electron chi connectivity index (χ3n) is 6.11. The van der Waals surface area contributed by atoms with Crippen molar-refractivity contribution >= 4 is 23.3 Å². The van der Waals surface area contributed by atoms with E-state index in [-0.39, 0.29) is 5.75 Å². The Labute approximate surface area is 200 Å². The summed E-state index contributed by atoms with van der Waals surface area (Å²) in [5, 5.41) is 0. The highest BCUT2D eigenvalue weighted by molar-refractivity contribution is 5.80. The average Bonchev–Trinajstić information content (AvgIpc) is 3.16. The molecule has 0 unspecified atom stereocenters. The molecule has 1 saturated carbocycles. The molecule has 5 rings (SSSR count). The van der Waals surface area contributed by atoms with Gasteiger partial charge in [0.25, 0.3) is 0 Å². The minimum absolute atomic E-state index is 0.288. The zero-order valence-corrected chi connectivity index (χ0v) is 19.1. The Morgan fingerprint density at radius 3 is 2.54 bits per heavy atom. The van der Waals surface area contributed by atoms with Crippen LogP contribution in [0.5, 0.6) is 11.5 Å². The Hall–Kier alpha value is -3.81. The normalized spacial score (nSPS) is 14.4. The molecule has 0 N–H and O–H groups in total. The van der Waals surface area contributed by atoms with Crippen molar-refractivity contribution in [3.63, 3.8) is 0 Å². The molecule has 35 heavy (non-hydrogen) atoms. The Morgan fingerprint density at radius 1 is 1.03 bits per heavy atom. The van der Waals surface area contributed by atoms with E-state index in [4.69, 9.17) is 9.72 Å². The summed E-state index contributed by atoms with van der Waals surface area (Å²) in [6, 6.07) is 15.3. The number of ether oxygens (including phenoxy) is 2. The summed E-state index contributed by atoms with van der Waals surface area (Å²) in [5.41, 5.74) is 3.88. The molecule has 0 saturated heterocycles. The number of imidazole rings is 1. The maximum atomic E-state index is 12.6. The van der Waals surface area contributed by atoms with Gasteiger partial charge >= 0.3 is 6.36 Å². The first kappa shape index (κ1) is 23.0. The van der Waals surface area contributed by atoms with Crippen LogP contribution in [0.3, 0.4) is 0 Å². The number of rotatable bonds is 7. The summed E-state index contributed by atoms with van der Waals surface area (Å²) < 4.78 is 49.7. The first-order valence-electron chi connectivity index (χ1n) is 11.5. The molecule has 4 aromatic rings. The fraction of sp³-hybridized carbons (Fsp3) is 0.259. The summed E-state index contributed by atoms with van der Waals surface area (Å²) in [7, 11) is 0. The summed E-state index contributed by atoms with van der Waals surface area (Å²) in [5.74, 6) is 1.77. The van der Waals surface area contributed by atoms with Crippen molar-refractivity contribution in [2.24, 2.45) is 5.92 Å². The molecular weight excluding hydrogens is 455 g/mol. The largest absolute Gasteiger partial charge is 0.573 e. The van der Waals surface area contributed by atoms with E-state index in [0.29, 0.717) is 35.2 Å². The number of pyridine rings is 1. The van der Waals surface area contributed by atoms with Crippen molar-refractivity contribution in [2.75, 3.05) is 6.61 Å². The molecule has 2 aromatic carbocycles. The summed E-state index contributed by atoms with van der Waals surface area (Å²) in [6.45, 7) is 2.73. The van der Waals surface area contributed by atoms with Crippen molar-refractivity contribution in [3.8, 4) is 17.2 Å². The summed E-state index contributed by atoms with van der Waals surface area (Å²) >= 11 is 0. The highest BCUT2D eigenvalue weighted by Gasteiger charge is 2.31. The SMILES string of the molecule is Cc1cccc(C=Cc2nc3cccnc3n2-c2ccc(OC(F)(F)F)cc2)c1OCC1CCC1. The topological polar surface area (TPSA) is 49.2 Å². The second kappa shape index (κ2) is 9.44. The molecule has 0 aliphatic heterocycles. The fourth-order valence-electron chi connectivity index (χ4n) is 4.12. The second-order valence-electron chi connectivity index (χ2n) is 8.63. The average molecular weight is 480 g/mol. The molecule has 0 spiro atoms. The monoisotopic (exact) mass is 479 g/mol. The standard InChI is InChI=1S/C27H24F3N3O2/c1-18-5-2-8-20(25(18)34-17-19-6-3-7-19)10-15-24-32-23-9-4-16-31-26(23)33(24)21-11-13-22(14-12-21)35-27(28,29)30/h2,4-5,8-16,19H,3,6-7,17H2,1H3. The van der Waals surface area contributed by atoms with Crippen LogP contribution in [0.25, 0.3) is 29.0 Å². The van der Waals surface area contributed by atoms with Crippen LogP contribution in [0.1, 0.15) is 36.2 Å². The van der Waals surface area contributed by atoms with Crippen LogP contribution >= 0.6 is 0 Å². The molecule has 0 amide bonds. The van der Waals surface area contributed by atoms with Crippen LogP contribution in [-0.4, -0.2) is 27.5 Å². The molecule has 180 valence electrons. The smallest absolute Gasteiger partial charge is 0.492 e. The van der Waals surface area contributed by atoms with Gasteiger partial charge in [-0.25, -0.2) is 9.97 Å². The number of para-hydroxylation sites is 1. The summed E-state index contributed by atoms with van der Waals surface area (Å²) in [6.07, 6.45) is 4.41. The minimum atomic E-state index is -4.75. The van der Waals surface area contributed by atoms with Crippen LogP contribution in [0.4, 0.5) is 13.2 Å². The van der Waals surface area contributed by atoms with Gasteiger partial charge in [0.15, 0.2) is 5.65 Å². The van der Waals surface area contributed by atoms with E-state index >= 15 is 0 Å². The predicted octanol–water partition coefficient (Wildman–Crippen LogP) is 6.98. The number of hydrogen-bond acceptors (Lipinski definition) is 4. The lowest BCUT2D eigenvalue weighted by Crippen LogP contribution is -2.19. The Bertz CT molecular complexity index is 1360. The molecule has 1 fully saturated rings. The number of halogens is 3. The van der Waals surface area contributed by atoms with Gasteiger partial charge in [0.05, 0.1) is 6.61 Å². The highest BCUT2D eigenvalue weighted by atomic mass is 19.4. The van der Waals surface area contributed by atoms with E-state index in [0.717, 1.165) is 16.9 Å². The second-order valence-corrected chi connectivity index (χ2v) is 8.63.